The van der Waals surface area contributed by atoms with Crippen molar-refractivity contribution in [3.05, 3.63) is 94.8 Å². The van der Waals surface area contributed by atoms with Crippen molar-refractivity contribution in [2.24, 2.45) is 0 Å². The van der Waals surface area contributed by atoms with Gasteiger partial charge in [-0.15, -0.1) is 11.8 Å². The predicted molar refractivity (Wildman–Crippen MR) is 125 cm³/mol. The molecule has 0 N–H and O–H groups in total. The van der Waals surface area contributed by atoms with Crippen LogP contribution in [0.5, 0.6) is 0 Å². The first kappa shape index (κ1) is 21.2. The number of aldehydes is 1. The zero-order chi connectivity index (χ0) is 21.8. The second-order valence-corrected chi connectivity index (χ2v) is 8.30. The average molecular weight is 450 g/mol. The molecule has 0 unspecified atom stereocenters. The summed E-state index contributed by atoms with van der Waals surface area (Å²) in [5, 5.41) is 0.529. The number of carbonyl (C=O) groups is 2. The summed E-state index contributed by atoms with van der Waals surface area (Å²) < 4.78 is 7.07. The Balaban J connectivity index is 1.92. The summed E-state index contributed by atoms with van der Waals surface area (Å²) in [6.07, 6.45) is 2.55. The van der Waals surface area contributed by atoms with Crippen LogP contribution in [-0.4, -0.2) is 23.3 Å². The fourth-order valence-corrected chi connectivity index (χ4v) is 4.76. The van der Waals surface area contributed by atoms with E-state index in [1.807, 2.05) is 48.5 Å². The molecule has 0 spiro atoms. The predicted octanol–water partition coefficient (Wildman–Crippen LogP) is 6.54. The van der Waals surface area contributed by atoms with Crippen molar-refractivity contribution in [3.63, 3.8) is 0 Å². The Bertz CT molecular complexity index is 1250. The summed E-state index contributed by atoms with van der Waals surface area (Å²) in [7, 11) is 0. The largest absolute Gasteiger partial charge is 0.462 e. The number of ether oxygens (including phenoxy) is 1. The minimum absolute atomic E-state index is 0.240. The molecule has 0 aliphatic carbocycles. The molecule has 0 aliphatic rings. The van der Waals surface area contributed by atoms with E-state index < -0.39 is 5.97 Å². The number of rotatable bonds is 7. The highest BCUT2D eigenvalue weighted by Gasteiger charge is 2.27. The van der Waals surface area contributed by atoms with Gasteiger partial charge in [0.05, 0.1) is 23.4 Å². The highest BCUT2D eigenvalue weighted by Crippen LogP contribution is 2.41. The smallest absolute Gasteiger partial charge is 0.340 e. The SMILES string of the molecule is CCOC(=O)c1c(-c2cc(Cl)ccc2SCc2ccccc2)c(C=O)n2ccccc12. The van der Waals surface area contributed by atoms with Gasteiger partial charge in [0.15, 0.2) is 6.29 Å². The van der Waals surface area contributed by atoms with Crippen LogP contribution in [0.15, 0.2) is 77.8 Å². The molecule has 0 amide bonds. The molecule has 4 aromatic rings. The molecule has 31 heavy (non-hydrogen) atoms. The third-order valence-corrected chi connectivity index (χ3v) is 6.30. The molecule has 4 nitrogen and oxygen atoms in total. The molecule has 156 valence electrons. The highest BCUT2D eigenvalue weighted by atomic mass is 35.5. The van der Waals surface area contributed by atoms with Gasteiger partial charge < -0.3 is 9.14 Å². The van der Waals surface area contributed by atoms with E-state index in [1.165, 1.54) is 5.56 Å². The van der Waals surface area contributed by atoms with Gasteiger partial charge in [0, 0.05) is 27.4 Å². The summed E-state index contributed by atoms with van der Waals surface area (Å²) in [5.74, 6) is 0.280. The summed E-state index contributed by atoms with van der Waals surface area (Å²) in [6, 6.07) is 21.1. The van der Waals surface area contributed by atoms with Gasteiger partial charge in [-0.1, -0.05) is 48.0 Å². The molecular weight excluding hydrogens is 430 g/mol. The molecule has 0 radical (unpaired) electrons. The van der Waals surface area contributed by atoms with Crippen molar-refractivity contribution in [3.8, 4) is 11.1 Å². The number of halogens is 1. The number of thioether (sulfide) groups is 1. The van der Waals surface area contributed by atoms with Crippen LogP contribution in [0.4, 0.5) is 0 Å². The fourth-order valence-electron chi connectivity index (χ4n) is 3.59. The Labute approximate surface area is 189 Å². The Kier molecular flexibility index (Phi) is 6.44. The van der Waals surface area contributed by atoms with Crippen molar-refractivity contribution >= 4 is 41.1 Å². The Morgan fingerprint density at radius 2 is 1.87 bits per heavy atom. The molecule has 0 saturated carbocycles. The second-order valence-electron chi connectivity index (χ2n) is 6.84. The van der Waals surface area contributed by atoms with E-state index in [2.05, 4.69) is 12.1 Å². The standard InChI is InChI=1S/C25H20ClNO3S/c1-2-30-25(29)24-20-10-6-7-13-27(20)21(15-28)23(24)19-14-18(26)11-12-22(19)31-16-17-8-4-3-5-9-17/h3-15H,2,16H2,1H3. The quantitative estimate of drug-likeness (QED) is 0.182. The van der Waals surface area contributed by atoms with Crippen LogP contribution in [0.3, 0.4) is 0 Å². The highest BCUT2D eigenvalue weighted by molar-refractivity contribution is 7.98. The first-order valence-corrected chi connectivity index (χ1v) is 11.2. The average Bonchev–Trinajstić information content (AvgIpc) is 3.13. The maximum atomic E-state index is 13.0. The van der Waals surface area contributed by atoms with E-state index in [0.717, 1.165) is 22.5 Å². The summed E-state index contributed by atoms with van der Waals surface area (Å²) in [6.45, 7) is 2.00. The van der Waals surface area contributed by atoms with Gasteiger partial charge in [-0.3, -0.25) is 4.79 Å². The van der Waals surface area contributed by atoms with Crippen molar-refractivity contribution < 1.29 is 14.3 Å². The zero-order valence-electron chi connectivity index (χ0n) is 16.9. The molecule has 2 aromatic heterocycles. The lowest BCUT2D eigenvalue weighted by Crippen LogP contribution is -2.06. The van der Waals surface area contributed by atoms with Gasteiger partial charge in [0.25, 0.3) is 0 Å². The number of esters is 1. The second kappa shape index (κ2) is 9.41. The molecule has 2 heterocycles. The first-order chi connectivity index (χ1) is 15.1. The van der Waals surface area contributed by atoms with Crippen molar-refractivity contribution in [1.29, 1.82) is 0 Å². The minimum Gasteiger partial charge on any atom is -0.462 e. The fraction of sp³-hybridized carbons (Fsp3) is 0.120. The number of carbonyl (C=O) groups excluding carboxylic acids is 2. The number of aromatic nitrogens is 1. The van der Waals surface area contributed by atoms with Crippen molar-refractivity contribution in [2.45, 2.75) is 17.6 Å². The lowest BCUT2D eigenvalue weighted by molar-refractivity contribution is 0.0529. The van der Waals surface area contributed by atoms with Gasteiger partial charge in [-0.2, -0.15) is 0 Å². The van der Waals surface area contributed by atoms with Crippen LogP contribution < -0.4 is 0 Å². The maximum Gasteiger partial charge on any atom is 0.340 e. The molecule has 4 rings (SSSR count). The lowest BCUT2D eigenvalue weighted by Gasteiger charge is -2.12. The van der Waals surface area contributed by atoms with Crippen LogP contribution in [-0.2, 0) is 10.5 Å². The van der Waals surface area contributed by atoms with E-state index in [9.17, 15) is 9.59 Å². The minimum atomic E-state index is -0.465. The molecule has 6 heteroatoms. The Hall–Kier alpha value is -3.02. The number of benzene rings is 2. The lowest BCUT2D eigenvalue weighted by atomic mass is 10.0. The maximum absolute atomic E-state index is 13.0. The van der Waals surface area contributed by atoms with E-state index in [1.54, 1.807) is 35.3 Å². The van der Waals surface area contributed by atoms with Gasteiger partial charge in [0.1, 0.15) is 0 Å². The van der Waals surface area contributed by atoms with E-state index >= 15 is 0 Å². The third-order valence-electron chi connectivity index (χ3n) is 4.92. The van der Waals surface area contributed by atoms with E-state index in [-0.39, 0.29) is 6.61 Å². The molecule has 0 bridgehead atoms. The van der Waals surface area contributed by atoms with E-state index in [0.29, 0.717) is 27.4 Å². The van der Waals surface area contributed by atoms with Crippen molar-refractivity contribution in [1.82, 2.24) is 4.40 Å². The van der Waals surface area contributed by atoms with Crippen LogP contribution in [0.1, 0.15) is 33.3 Å². The monoisotopic (exact) mass is 449 g/mol. The molecule has 0 saturated heterocycles. The summed E-state index contributed by atoms with van der Waals surface area (Å²) >= 11 is 7.98. The number of nitrogens with zero attached hydrogens (tertiary/aromatic N) is 1. The van der Waals surface area contributed by atoms with E-state index in [4.69, 9.17) is 16.3 Å². The molecule has 0 atom stereocenters. The third kappa shape index (κ3) is 4.24. The molecule has 0 aliphatic heterocycles. The molecule has 2 aromatic carbocycles. The summed E-state index contributed by atoms with van der Waals surface area (Å²) in [4.78, 5) is 26.1. The molecule has 0 fully saturated rings. The topological polar surface area (TPSA) is 47.8 Å². The summed E-state index contributed by atoms with van der Waals surface area (Å²) in [5.41, 5.74) is 3.84. The number of hydrogen-bond acceptors (Lipinski definition) is 4. The normalized spacial score (nSPS) is 10.9. The number of hydrogen-bond donors (Lipinski definition) is 0. The number of pyridine rings is 1. The van der Waals surface area contributed by atoms with Crippen LogP contribution in [0.2, 0.25) is 5.02 Å². The Morgan fingerprint density at radius 1 is 1.10 bits per heavy atom. The van der Waals surface area contributed by atoms with Gasteiger partial charge in [0.2, 0.25) is 0 Å². The van der Waals surface area contributed by atoms with Gasteiger partial charge >= 0.3 is 5.97 Å². The van der Waals surface area contributed by atoms with Gasteiger partial charge in [-0.05, 0) is 48.4 Å². The van der Waals surface area contributed by atoms with Crippen molar-refractivity contribution in [2.75, 3.05) is 6.61 Å². The van der Waals surface area contributed by atoms with Crippen LogP contribution >= 0.6 is 23.4 Å². The van der Waals surface area contributed by atoms with Gasteiger partial charge in [-0.25, -0.2) is 4.79 Å². The first-order valence-electron chi connectivity index (χ1n) is 9.86. The number of fused-ring (bicyclic) bond motifs is 1. The van der Waals surface area contributed by atoms with Crippen LogP contribution in [0.25, 0.3) is 16.6 Å². The zero-order valence-corrected chi connectivity index (χ0v) is 18.5. The van der Waals surface area contributed by atoms with Crippen LogP contribution in [0, 0.1) is 0 Å². The molecular formula is C25H20ClNO3S. The Morgan fingerprint density at radius 3 is 2.61 bits per heavy atom.